The Morgan fingerprint density at radius 2 is 1.21 bits per heavy atom. The second kappa shape index (κ2) is 25.0. The summed E-state index contributed by atoms with van der Waals surface area (Å²) in [6, 6.07) is 5.11. The molecule has 1 heterocycles. The van der Waals surface area contributed by atoms with Crippen molar-refractivity contribution in [2.45, 2.75) is 95.2 Å². The van der Waals surface area contributed by atoms with E-state index >= 15 is 0 Å². The Hall–Kier alpha value is -7.07. The lowest BCUT2D eigenvalue weighted by Crippen LogP contribution is -2.61. The van der Waals surface area contributed by atoms with Gasteiger partial charge in [-0.05, 0) is 48.9 Å². The molecule has 0 saturated heterocycles. The SMILES string of the molecule is CC(C)[C@H](NC(=O)[C@H](CO)NC(=O)[C@H](Cc1cnc[nH]1)NC(=O)[C@H](C)N)C(=O)N[C@@H](CCCN=C(N)N)C(=O)N[C@@H](Cc1ccccc1)C(=O)N[C@@H](Cc1ccc(O)cc1)C(=O)O. The second-order valence-corrected chi connectivity index (χ2v) is 15.1. The lowest BCUT2D eigenvalue weighted by atomic mass is 10.0. The number of phenolic OH excluding ortho intramolecular Hbond substituents is 1. The summed E-state index contributed by atoms with van der Waals surface area (Å²) in [6.45, 7) is 3.78. The van der Waals surface area contributed by atoms with Crippen LogP contribution in [0.25, 0.3) is 0 Å². The number of imidazole rings is 1. The quantitative estimate of drug-likeness (QED) is 0.0232. The van der Waals surface area contributed by atoms with Gasteiger partial charge in [-0.15, -0.1) is 0 Å². The third-order valence-electron chi connectivity index (χ3n) is 9.57. The number of aromatic nitrogens is 2. The molecule has 22 nitrogen and oxygen atoms in total. The van der Waals surface area contributed by atoms with Crippen LogP contribution in [-0.2, 0) is 52.8 Å². The number of benzene rings is 2. The van der Waals surface area contributed by atoms with E-state index in [1.165, 1.54) is 43.7 Å². The smallest absolute Gasteiger partial charge is 0.326 e. The minimum atomic E-state index is -1.59. The van der Waals surface area contributed by atoms with Crippen LogP contribution >= 0.6 is 0 Å². The number of carbonyl (C=O) groups is 7. The van der Waals surface area contributed by atoms with E-state index in [1.54, 1.807) is 44.2 Å². The van der Waals surface area contributed by atoms with Gasteiger partial charge in [-0.2, -0.15) is 0 Å². The highest BCUT2D eigenvalue weighted by Gasteiger charge is 2.34. The maximum Gasteiger partial charge on any atom is 0.326 e. The van der Waals surface area contributed by atoms with Crippen molar-refractivity contribution < 1.29 is 48.9 Å². The molecule has 16 N–H and O–H groups in total. The van der Waals surface area contributed by atoms with Crippen LogP contribution in [0.1, 0.15) is 50.4 Å². The molecule has 3 aromatic rings. The van der Waals surface area contributed by atoms with E-state index in [0.717, 1.165) is 0 Å². The van der Waals surface area contributed by atoms with Gasteiger partial charge < -0.3 is 69.4 Å². The van der Waals surface area contributed by atoms with Gasteiger partial charge in [-0.3, -0.25) is 33.8 Å². The van der Waals surface area contributed by atoms with Crippen molar-refractivity contribution >= 4 is 47.4 Å². The highest BCUT2D eigenvalue weighted by atomic mass is 16.4. The van der Waals surface area contributed by atoms with Crippen molar-refractivity contribution in [3.63, 3.8) is 0 Å². The molecule has 0 radical (unpaired) electrons. The van der Waals surface area contributed by atoms with Crippen LogP contribution in [0.15, 0.2) is 72.1 Å². The molecule has 1 aromatic heterocycles. The van der Waals surface area contributed by atoms with E-state index in [4.69, 9.17) is 17.2 Å². The summed E-state index contributed by atoms with van der Waals surface area (Å²) in [4.78, 5) is 104. The minimum absolute atomic E-state index is 0.0298. The minimum Gasteiger partial charge on any atom is -0.508 e. The summed E-state index contributed by atoms with van der Waals surface area (Å²) in [5, 5.41) is 45.0. The van der Waals surface area contributed by atoms with E-state index in [2.05, 4.69) is 46.9 Å². The number of nitrogens with zero attached hydrogens (tertiary/aromatic N) is 2. The van der Waals surface area contributed by atoms with E-state index in [1.807, 2.05) is 0 Å². The maximum atomic E-state index is 14.1. The Labute approximate surface area is 363 Å². The molecule has 0 spiro atoms. The van der Waals surface area contributed by atoms with Gasteiger partial charge in [0.1, 0.15) is 42.0 Å². The molecule has 0 unspecified atom stereocenters. The molecule has 0 aliphatic heterocycles. The van der Waals surface area contributed by atoms with Crippen molar-refractivity contribution in [2.75, 3.05) is 13.2 Å². The van der Waals surface area contributed by atoms with E-state index in [9.17, 15) is 48.9 Å². The standard InChI is InChI=1S/C41H58N12O10/c1-22(2)33(53-38(60)32(20-54)52-37(59)30(49-34(56)23(3)42)18-26-19-45-21-47-26)39(61)48-28(10-7-15-46-41(43)44)35(57)50-29(16-24-8-5-4-6-9-24)36(58)51-31(40(62)63)17-25-11-13-27(55)14-12-25/h4-6,8-9,11-14,19,21-23,28-33,54-55H,7,10,15-18,20,42H2,1-3H3,(H,45,47)(H,48,61)(H,49,56)(H,50,57)(H,51,58)(H,52,59)(H,53,60)(H,62,63)(H4,43,44,46)/t23-,28-,29-,30-,31-,32-,33-/m0/s1. The van der Waals surface area contributed by atoms with Gasteiger partial charge in [0.2, 0.25) is 35.4 Å². The molecule has 0 aliphatic carbocycles. The Morgan fingerprint density at radius 3 is 1.76 bits per heavy atom. The van der Waals surface area contributed by atoms with E-state index in [-0.39, 0.29) is 50.4 Å². The van der Waals surface area contributed by atoms with E-state index in [0.29, 0.717) is 16.8 Å². The number of carboxylic acid groups (broad SMARTS) is 1. The average molecular weight is 879 g/mol. The molecular formula is C41H58N12O10. The van der Waals surface area contributed by atoms with Crippen molar-refractivity contribution in [1.29, 1.82) is 0 Å². The number of nitrogens with one attached hydrogen (secondary N) is 7. The third kappa shape index (κ3) is 17.1. The van der Waals surface area contributed by atoms with Gasteiger partial charge in [-0.25, -0.2) is 9.78 Å². The molecule has 6 amide bonds. The first kappa shape index (κ1) is 50.3. The lowest BCUT2D eigenvalue weighted by molar-refractivity contribution is -0.142. The molecule has 3 rings (SSSR count). The number of rotatable bonds is 25. The number of nitrogens with two attached hydrogens (primary N) is 3. The molecule has 0 aliphatic rings. The number of aromatic hydroxyl groups is 1. The first-order valence-electron chi connectivity index (χ1n) is 20.1. The van der Waals surface area contributed by atoms with Crippen LogP contribution in [0, 0.1) is 5.92 Å². The van der Waals surface area contributed by atoms with Crippen LogP contribution in [0.4, 0.5) is 0 Å². The monoisotopic (exact) mass is 878 g/mol. The van der Waals surface area contributed by atoms with Crippen LogP contribution < -0.4 is 49.1 Å². The summed E-state index contributed by atoms with van der Waals surface area (Å²) < 4.78 is 0. The van der Waals surface area contributed by atoms with Gasteiger partial charge in [0.15, 0.2) is 5.96 Å². The fourth-order valence-electron chi connectivity index (χ4n) is 6.09. The fourth-order valence-corrected chi connectivity index (χ4v) is 6.09. The molecule has 63 heavy (non-hydrogen) atoms. The number of carbonyl (C=O) groups excluding carboxylic acids is 6. The lowest BCUT2D eigenvalue weighted by Gasteiger charge is -2.28. The molecule has 2 aromatic carbocycles. The zero-order valence-electron chi connectivity index (χ0n) is 35.2. The summed E-state index contributed by atoms with van der Waals surface area (Å²) in [6.07, 6.45) is 2.62. The third-order valence-corrected chi connectivity index (χ3v) is 9.57. The topological polar surface area (TPSA) is 371 Å². The van der Waals surface area contributed by atoms with Gasteiger partial charge in [0.25, 0.3) is 0 Å². The number of aliphatic carboxylic acids is 1. The maximum absolute atomic E-state index is 14.1. The number of hydrogen-bond donors (Lipinski definition) is 13. The zero-order valence-corrected chi connectivity index (χ0v) is 35.2. The predicted octanol–water partition coefficient (Wildman–Crippen LogP) is -2.81. The number of phenols is 1. The number of aliphatic imine (C=N–C) groups is 1. The zero-order chi connectivity index (χ0) is 46.6. The van der Waals surface area contributed by atoms with Crippen molar-refractivity contribution in [2.24, 2.45) is 28.1 Å². The molecule has 7 atom stereocenters. The molecule has 22 heteroatoms. The highest BCUT2D eigenvalue weighted by Crippen LogP contribution is 2.13. The van der Waals surface area contributed by atoms with Crippen LogP contribution in [0.3, 0.4) is 0 Å². The number of hydrogen-bond acceptors (Lipinski definition) is 12. The molecule has 0 saturated carbocycles. The molecule has 342 valence electrons. The fraction of sp³-hybridized carbons (Fsp3) is 0.439. The van der Waals surface area contributed by atoms with E-state index < -0.39 is 96.2 Å². The van der Waals surface area contributed by atoms with Gasteiger partial charge >= 0.3 is 5.97 Å². The predicted molar refractivity (Wildman–Crippen MR) is 229 cm³/mol. The Morgan fingerprint density at radius 1 is 0.683 bits per heavy atom. The summed E-state index contributed by atoms with van der Waals surface area (Å²) >= 11 is 0. The molecular weight excluding hydrogens is 821 g/mol. The average Bonchev–Trinajstić information content (AvgIpc) is 3.76. The normalized spacial score (nSPS) is 14.3. The van der Waals surface area contributed by atoms with Crippen LogP contribution in [-0.4, -0.2) is 128 Å². The Balaban J connectivity index is 1.83. The summed E-state index contributed by atoms with van der Waals surface area (Å²) in [5.41, 5.74) is 18.2. The Kier molecular flexibility index (Phi) is 20.0. The van der Waals surface area contributed by atoms with Crippen LogP contribution in [0.2, 0.25) is 0 Å². The number of H-pyrrole nitrogens is 1. The number of aliphatic hydroxyl groups excluding tert-OH is 1. The van der Waals surface area contributed by atoms with Crippen molar-refractivity contribution in [1.82, 2.24) is 41.9 Å². The number of aromatic amines is 1. The van der Waals surface area contributed by atoms with Gasteiger partial charge in [-0.1, -0.05) is 56.3 Å². The molecule has 0 fully saturated rings. The van der Waals surface area contributed by atoms with Crippen LogP contribution in [0.5, 0.6) is 5.75 Å². The van der Waals surface area contributed by atoms with Gasteiger partial charge in [0.05, 0.1) is 19.0 Å². The number of guanidine groups is 1. The first-order valence-corrected chi connectivity index (χ1v) is 20.1. The molecule has 0 bridgehead atoms. The second-order valence-electron chi connectivity index (χ2n) is 15.1. The number of aliphatic hydroxyl groups is 1. The van der Waals surface area contributed by atoms with Crippen molar-refractivity contribution in [3.8, 4) is 5.75 Å². The summed E-state index contributed by atoms with van der Waals surface area (Å²) in [7, 11) is 0. The summed E-state index contributed by atoms with van der Waals surface area (Å²) in [5.74, 6) is -7.19. The number of amides is 6. The van der Waals surface area contributed by atoms with Gasteiger partial charge in [0, 0.05) is 37.7 Å². The Bertz CT molecular complexity index is 2010. The highest BCUT2D eigenvalue weighted by molar-refractivity contribution is 5.97. The van der Waals surface area contributed by atoms with Crippen molar-refractivity contribution in [3.05, 3.63) is 83.9 Å². The number of carboxylic acids is 1. The largest absolute Gasteiger partial charge is 0.508 e. The first-order chi connectivity index (χ1) is 29.9.